The zero-order valence-electron chi connectivity index (χ0n) is 9.43. The number of hydrogen-bond acceptors (Lipinski definition) is 5. The Morgan fingerprint density at radius 1 is 1.62 bits per heavy atom. The van der Waals surface area contributed by atoms with Crippen molar-refractivity contribution in [3.05, 3.63) is 16.1 Å². The van der Waals surface area contributed by atoms with Crippen molar-refractivity contribution < 1.29 is 8.42 Å². The van der Waals surface area contributed by atoms with Gasteiger partial charge in [-0.25, -0.2) is 18.1 Å². The van der Waals surface area contributed by atoms with E-state index in [4.69, 9.17) is 5.73 Å². The molecule has 1 heterocycles. The van der Waals surface area contributed by atoms with E-state index in [-0.39, 0.29) is 18.3 Å². The van der Waals surface area contributed by atoms with E-state index in [9.17, 15) is 8.42 Å². The number of aromatic nitrogens is 1. The third-order valence-corrected chi connectivity index (χ3v) is 4.84. The molecule has 1 aromatic heterocycles. The van der Waals surface area contributed by atoms with Crippen LogP contribution in [0.3, 0.4) is 0 Å². The van der Waals surface area contributed by atoms with Crippen LogP contribution in [0.2, 0.25) is 0 Å². The number of hydrogen-bond donors (Lipinski definition) is 2. The Bertz CT molecular complexity index is 428. The summed E-state index contributed by atoms with van der Waals surface area (Å²) in [5.41, 5.74) is 5.22. The molecular formula is C9H17N3O2S2. The van der Waals surface area contributed by atoms with Gasteiger partial charge in [-0.3, -0.25) is 0 Å². The molecular weight excluding hydrogens is 246 g/mol. The normalized spacial score (nSPS) is 13.9. The number of sulfonamides is 1. The first-order chi connectivity index (χ1) is 7.48. The third-order valence-electron chi connectivity index (χ3n) is 2.03. The van der Waals surface area contributed by atoms with Crippen molar-refractivity contribution >= 4 is 21.4 Å². The molecule has 0 aliphatic carbocycles. The second kappa shape index (κ2) is 5.72. The lowest BCUT2D eigenvalue weighted by Gasteiger charge is -2.10. The molecule has 1 unspecified atom stereocenters. The molecule has 1 atom stereocenters. The second-order valence-corrected chi connectivity index (χ2v) is 6.49. The highest BCUT2D eigenvalue weighted by Gasteiger charge is 2.17. The first kappa shape index (κ1) is 13.6. The predicted octanol–water partition coefficient (Wildman–Crippen LogP) is 0.645. The summed E-state index contributed by atoms with van der Waals surface area (Å²) in [6, 6.07) is -0.290. The van der Waals surface area contributed by atoms with Crippen molar-refractivity contribution in [2.45, 2.75) is 26.3 Å². The van der Waals surface area contributed by atoms with Gasteiger partial charge < -0.3 is 5.73 Å². The molecule has 0 saturated heterocycles. The van der Waals surface area contributed by atoms with E-state index in [0.29, 0.717) is 0 Å². The number of nitrogens with zero attached hydrogens (tertiary/aromatic N) is 1. The molecule has 0 amide bonds. The van der Waals surface area contributed by atoms with Crippen LogP contribution in [-0.4, -0.2) is 25.7 Å². The Balaban J connectivity index is 2.68. The van der Waals surface area contributed by atoms with Gasteiger partial charge in [0.05, 0.1) is 11.8 Å². The molecule has 7 heteroatoms. The van der Waals surface area contributed by atoms with E-state index in [1.165, 1.54) is 11.3 Å². The molecule has 0 aliphatic rings. The predicted molar refractivity (Wildman–Crippen MR) is 65.9 cm³/mol. The zero-order chi connectivity index (χ0) is 12.2. The SMILES string of the molecule is CCc1cnc(C(C)NS(=O)(=O)CCN)s1. The fourth-order valence-corrected chi connectivity index (χ4v) is 3.23. The van der Waals surface area contributed by atoms with Gasteiger partial charge in [-0.1, -0.05) is 6.92 Å². The summed E-state index contributed by atoms with van der Waals surface area (Å²) < 4.78 is 25.5. The zero-order valence-corrected chi connectivity index (χ0v) is 11.1. The van der Waals surface area contributed by atoms with Gasteiger partial charge >= 0.3 is 0 Å². The van der Waals surface area contributed by atoms with Crippen molar-refractivity contribution in [3.8, 4) is 0 Å². The minimum absolute atomic E-state index is 0.0522. The van der Waals surface area contributed by atoms with Crippen LogP contribution in [0.4, 0.5) is 0 Å². The molecule has 0 aromatic carbocycles. The van der Waals surface area contributed by atoms with Gasteiger partial charge in [-0.2, -0.15) is 0 Å². The minimum atomic E-state index is -3.28. The van der Waals surface area contributed by atoms with Crippen LogP contribution in [0, 0.1) is 0 Å². The number of rotatable bonds is 6. The van der Waals surface area contributed by atoms with Crippen LogP contribution in [0.1, 0.15) is 29.8 Å². The van der Waals surface area contributed by atoms with Crippen LogP contribution in [0.5, 0.6) is 0 Å². The highest BCUT2D eigenvalue weighted by molar-refractivity contribution is 7.89. The number of nitrogens with two attached hydrogens (primary N) is 1. The van der Waals surface area contributed by atoms with Crippen molar-refractivity contribution in [3.63, 3.8) is 0 Å². The van der Waals surface area contributed by atoms with E-state index >= 15 is 0 Å². The molecule has 0 fully saturated rings. The molecule has 5 nitrogen and oxygen atoms in total. The number of nitrogens with one attached hydrogen (secondary N) is 1. The quantitative estimate of drug-likeness (QED) is 0.789. The molecule has 0 spiro atoms. The Hall–Kier alpha value is -0.500. The summed E-state index contributed by atoms with van der Waals surface area (Å²) in [5, 5.41) is 0.789. The van der Waals surface area contributed by atoms with Gasteiger partial charge in [0.2, 0.25) is 10.0 Å². The molecule has 0 radical (unpaired) electrons. The monoisotopic (exact) mass is 263 g/mol. The largest absolute Gasteiger partial charge is 0.329 e. The molecule has 16 heavy (non-hydrogen) atoms. The molecule has 1 rings (SSSR count). The summed E-state index contributed by atoms with van der Waals surface area (Å²) in [4.78, 5) is 5.34. The number of aryl methyl sites for hydroxylation is 1. The first-order valence-electron chi connectivity index (χ1n) is 5.13. The summed E-state index contributed by atoms with van der Waals surface area (Å²) in [7, 11) is -3.28. The van der Waals surface area contributed by atoms with Crippen LogP contribution < -0.4 is 10.5 Å². The van der Waals surface area contributed by atoms with Gasteiger partial charge in [0.25, 0.3) is 0 Å². The van der Waals surface area contributed by atoms with E-state index in [1.54, 1.807) is 13.1 Å². The van der Waals surface area contributed by atoms with Crippen molar-refractivity contribution in [2.24, 2.45) is 5.73 Å². The topological polar surface area (TPSA) is 85.1 Å². The van der Waals surface area contributed by atoms with Gasteiger partial charge in [0.1, 0.15) is 5.01 Å². The Morgan fingerprint density at radius 3 is 2.81 bits per heavy atom. The van der Waals surface area contributed by atoms with Gasteiger partial charge in [0, 0.05) is 17.6 Å². The average molecular weight is 263 g/mol. The summed E-state index contributed by atoms with van der Waals surface area (Å²) in [6.45, 7) is 3.95. The second-order valence-electron chi connectivity index (χ2n) is 3.47. The van der Waals surface area contributed by atoms with Gasteiger partial charge in [-0.15, -0.1) is 11.3 Å². The van der Waals surface area contributed by atoms with Gasteiger partial charge in [0.15, 0.2) is 0 Å². The van der Waals surface area contributed by atoms with Crippen LogP contribution in [-0.2, 0) is 16.4 Å². The highest BCUT2D eigenvalue weighted by Crippen LogP contribution is 2.20. The van der Waals surface area contributed by atoms with E-state index in [1.807, 2.05) is 6.92 Å². The summed E-state index contributed by atoms with van der Waals surface area (Å²) in [5.74, 6) is -0.0522. The molecule has 1 aromatic rings. The van der Waals surface area contributed by atoms with Crippen LogP contribution in [0.25, 0.3) is 0 Å². The van der Waals surface area contributed by atoms with Crippen LogP contribution in [0.15, 0.2) is 6.20 Å². The lowest BCUT2D eigenvalue weighted by Crippen LogP contribution is -2.31. The Kier molecular flexibility index (Phi) is 4.85. The maximum absolute atomic E-state index is 11.5. The number of thiazole rings is 1. The maximum atomic E-state index is 11.5. The lowest BCUT2D eigenvalue weighted by molar-refractivity contribution is 0.566. The van der Waals surface area contributed by atoms with Crippen molar-refractivity contribution in [1.29, 1.82) is 0 Å². The average Bonchev–Trinajstić information content (AvgIpc) is 2.64. The fraction of sp³-hybridized carbons (Fsp3) is 0.667. The van der Waals surface area contributed by atoms with E-state index < -0.39 is 10.0 Å². The molecule has 0 saturated carbocycles. The smallest absolute Gasteiger partial charge is 0.213 e. The summed E-state index contributed by atoms with van der Waals surface area (Å²) in [6.07, 6.45) is 2.70. The highest BCUT2D eigenvalue weighted by atomic mass is 32.2. The Morgan fingerprint density at radius 2 is 2.31 bits per heavy atom. The molecule has 3 N–H and O–H groups in total. The third kappa shape index (κ3) is 3.82. The molecule has 0 aliphatic heterocycles. The Labute approximate surface area is 100 Å². The van der Waals surface area contributed by atoms with Crippen molar-refractivity contribution in [2.75, 3.05) is 12.3 Å². The van der Waals surface area contributed by atoms with E-state index in [0.717, 1.165) is 16.3 Å². The lowest BCUT2D eigenvalue weighted by atomic mass is 10.4. The van der Waals surface area contributed by atoms with Gasteiger partial charge in [-0.05, 0) is 13.3 Å². The fourth-order valence-electron chi connectivity index (χ4n) is 1.22. The maximum Gasteiger partial charge on any atom is 0.213 e. The first-order valence-corrected chi connectivity index (χ1v) is 7.60. The summed E-state index contributed by atoms with van der Waals surface area (Å²) >= 11 is 1.53. The van der Waals surface area contributed by atoms with E-state index in [2.05, 4.69) is 9.71 Å². The standard InChI is InChI=1S/C9H17N3O2S2/c1-3-8-6-11-9(15-8)7(2)12-16(13,14)5-4-10/h6-7,12H,3-5,10H2,1-2H3. The molecule has 92 valence electrons. The molecule has 0 bridgehead atoms. The van der Waals surface area contributed by atoms with Crippen molar-refractivity contribution in [1.82, 2.24) is 9.71 Å². The minimum Gasteiger partial charge on any atom is -0.329 e. The van der Waals surface area contributed by atoms with Crippen LogP contribution >= 0.6 is 11.3 Å².